The van der Waals surface area contributed by atoms with Crippen molar-refractivity contribution in [2.45, 2.75) is 27.2 Å². The normalized spacial score (nSPS) is 9.56. The lowest BCUT2D eigenvalue weighted by Crippen LogP contribution is -2.15. The van der Waals surface area contributed by atoms with E-state index in [9.17, 15) is 14.7 Å². The molecule has 3 N–H and O–H groups in total. The van der Waals surface area contributed by atoms with Gasteiger partial charge in [0.1, 0.15) is 5.75 Å². The van der Waals surface area contributed by atoms with Gasteiger partial charge in [-0.15, -0.1) is 0 Å². The molecule has 0 spiro atoms. The fourth-order valence-corrected chi connectivity index (χ4v) is 2.09. The Morgan fingerprint density at radius 3 is 2.40 bits per heavy atom. The van der Waals surface area contributed by atoms with Gasteiger partial charge in [-0.1, -0.05) is 44.2 Å². The number of rotatable bonds is 6. The number of anilines is 2. The van der Waals surface area contributed by atoms with Gasteiger partial charge < -0.3 is 20.3 Å². The van der Waals surface area contributed by atoms with Crippen LogP contribution in [0.25, 0.3) is 0 Å². The van der Waals surface area contributed by atoms with Crippen molar-refractivity contribution in [1.82, 2.24) is 0 Å². The molecule has 0 unspecified atom stereocenters. The summed E-state index contributed by atoms with van der Waals surface area (Å²) in [5.41, 5.74) is 2.70. The van der Waals surface area contributed by atoms with Gasteiger partial charge in [-0.3, -0.25) is 4.79 Å². The van der Waals surface area contributed by atoms with E-state index in [0.717, 1.165) is 5.56 Å². The lowest BCUT2D eigenvalue weighted by atomic mass is 10.1. The van der Waals surface area contributed by atoms with Gasteiger partial charge in [0.25, 0.3) is 0 Å². The van der Waals surface area contributed by atoms with Crippen LogP contribution in [0.3, 0.4) is 0 Å². The van der Waals surface area contributed by atoms with E-state index in [0.29, 0.717) is 16.9 Å². The summed E-state index contributed by atoms with van der Waals surface area (Å²) in [6.45, 7) is 5.19. The minimum atomic E-state index is -1.20. The Bertz CT molecular complexity index is 707. The van der Waals surface area contributed by atoms with Gasteiger partial charge in [-0.2, -0.15) is 0 Å². The molecule has 0 atom stereocenters. The molecular formula is C19H23NO5. The van der Waals surface area contributed by atoms with Gasteiger partial charge in [-0.25, -0.2) is 4.79 Å². The number of carboxylic acids is 1. The average molecular weight is 345 g/mol. The molecule has 0 amide bonds. The van der Waals surface area contributed by atoms with Gasteiger partial charge in [-0.05, 0) is 30.2 Å². The molecule has 2 aromatic rings. The van der Waals surface area contributed by atoms with Crippen molar-refractivity contribution >= 4 is 23.3 Å². The standard InChI is InChI=1S/C17H17NO5.C2H6/c1-11-5-4-8-14(19)17(11)18-13-7-3-2-6-12(13)9-16(22)23-10-15(20)21;1-2/h2-8,18-19H,9-10H2,1H3,(H,20,21);1-2H3. The molecule has 134 valence electrons. The molecule has 25 heavy (non-hydrogen) atoms. The van der Waals surface area contributed by atoms with E-state index in [1.807, 2.05) is 26.8 Å². The van der Waals surface area contributed by atoms with Gasteiger partial charge >= 0.3 is 11.9 Å². The molecule has 2 rings (SSSR count). The number of aliphatic carboxylic acids is 1. The minimum Gasteiger partial charge on any atom is -0.506 e. The summed E-state index contributed by atoms with van der Waals surface area (Å²) >= 11 is 0. The summed E-state index contributed by atoms with van der Waals surface area (Å²) in [4.78, 5) is 22.1. The highest BCUT2D eigenvalue weighted by molar-refractivity contribution is 5.80. The zero-order valence-electron chi connectivity index (χ0n) is 14.6. The van der Waals surface area contributed by atoms with Crippen molar-refractivity contribution < 1.29 is 24.5 Å². The summed E-state index contributed by atoms with van der Waals surface area (Å²) < 4.78 is 4.64. The third-order valence-corrected chi connectivity index (χ3v) is 3.22. The van der Waals surface area contributed by atoms with Crippen molar-refractivity contribution in [3.8, 4) is 5.75 Å². The Labute approximate surface area is 147 Å². The number of phenols is 1. The summed E-state index contributed by atoms with van der Waals surface area (Å²) in [5.74, 6) is -1.72. The lowest BCUT2D eigenvalue weighted by molar-refractivity contribution is -0.154. The van der Waals surface area contributed by atoms with Crippen molar-refractivity contribution in [1.29, 1.82) is 0 Å². The maximum Gasteiger partial charge on any atom is 0.341 e. The minimum absolute atomic E-state index is 0.0664. The molecule has 2 aromatic carbocycles. The number of benzene rings is 2. The Kier molecular flexibility index (Phi) is 7.99. The topological polar surface area (TPSA) is 95.9 Å². The molecule has 0 aromatic heterocycles. The van der Waals surface area contributed by atoms with Crippen LogP contribution < -0.4 is 5.32 Å². The zero-order chi connectivity index (χ0) is 18.8. The predicted octanol–water partition coefficient (Wildman–Crippen LogP) is 3.64. The van der Waals surface area contributed by atoms with E-state index < -0.39 is 18.5 Å². The number of phenolic OH excluding ortho intramolecular Hbond substituents is 1. The van der Waals surface area contributed by atoms with Crippen LogP contribution in [0.4, 0.5) is 11.4 Å². The smallest absolute Gasteiger partial charge is 0.341 e. The van der Waals surface area contributed by atoms with Gasteiger partial charge in [0.2, 0.25) is 0 Å². The van der Waals surface area contributed by atoms with Crippen LogP contribution in [0.2, 0.25) is 0 Å². The van der Waals surface area contributed by atoms with Crippen LogP contribution in [0.5, 0.6) is 5.75 Å². The van der Waals surface area contributed by atoms with Crippen LogP contribution >= 0.6 is 0 Å². The fraction of sp³-hybridized carbons (Fsp3) is 0.263. The van der Waals surface area contributed by atoms with Crippen molar-refractivity contribution in [2.24, 2.45) is 0 Å². The first kappa shape index (κ1) is 20.0. The average Bonchev–Trinajstić information content (AvgIpc) is 2.59. The van der Waals surface area contributed by atoms with E-state index in [1.165, 1.54) is 0 Å². The first-order chi connectivity index (χ1) is 12.0. The number of hydrogen-bond acceptors (Lipinski definition) is 5. The highest BCUT2D eigenvalue weighted by Crippen LogP contribution is 2.31. The van der Waals surface area contributed by atoms with Gasteiger partial charge in [0.05, 0.1) is 12.1 Å². The second kappa shape index (κ2) is 9.97. The van der Waals surface area contributed by atoms with E-state index >= 15 is 0 Å². The maximum absolute atomic E-state index is 11.7. The van der Waals surface area contributed by atoms with Crippen LogP contribution in [0, 0.1) is 6.92 Å². The molecule has 6 heteroatoms. The van der Waals surface area contributed by atoms with Gasteiger partial charge in [0, 0.05) is 5.69 Å². The predicted molar refractivity (Wildman–Crippen MR) is 96.2 cm³/mol. The SMILES string of the molecule is CC.Cc1cccc(O)c1Nc1ccccc1CC(=O)OCC(=O)O. The van der Waals surface area contributed by atoms with E-state index in [1.54, 1.807) is 36.4 Å². The number of nitrogens with one attached hydrogen (secondary N) is 1. The van der Waals surface area contributed by atoms with Crippen molar-refractivity contribution in [3.05, 3.63) is 53.6 Å². The number of ether oxygens (including phenoxy) is 1. The second-order valence-corrected chi connectivity index (χ2v) is 4.98. The highest BCUT2D eigenvalue weighted by atomic mass is 16.5. The number of hydrogen-bond donors (Lipinski definition) is 3. The summed E-state index contributed by atoms with van der Waals surface area (Å²) in [6, 6.07) is 12.2. The number of carbonyl (C=O) groups is 2. The number of aromatic hydroxyl groups is 1. The summed E-state index contributed by atoms with van der Waals surface area (Å²) in [7, 11) is 0. The van der Waals surface area contributed by atoms with Gasteiger partial charge in [0.15, 0.2) is 6.61 Å². The van der Waals surface area contributed by atoms with Crippen molar-refractivity contribution in [3.63, 3.8) is 0 Å². The molecule has 0 aliphatic rings. The Morgan fingerprint density at radius 1 is 1.08 bits per heavy atom. The number of carbonyl (C=O) groups excluding carboxylic acids is 1. The Balaban J connectivity index is 0.00000151. The first-order valence-electron chi connectivity index (χ1n) is 7.98. The summed E-state index contributed by atoms with van der Waals surface area (Å²) in [5, 5.41) is 21.6. The third-order valence-electron chi connectivity index (χ3n) is 3.22. The largest absolute Gasteiger partial charge is 0.506 e. The molecule has 6 nitrogen and oxygen atoms in total. The zero-order valence-corrected chi connectivity index (χ0v) is 14.6. The van der Waals surface area contributed by atoms with Crippen LogP contribution in [-0.2, 0) is 20.7 Å². The number of esters is 1. The molecule has 0 saturated carbocycles. The fourth-order valence-electron chi connectivity index (χ4n) is 2.09. The van der Waals surface area contributed by atoms with E-state index in [2.05, 4.69) is 10.1 Å². The quantitative estimate of drug-likeness (QED) is 0.546. The molecule has 0 bridgehead atoms. The summed E-state index contributed by atoms with van der Waals surface area (Å²) in [6.07, 6.45) is -0.0664. The van der Waals surface area contributed by atoms with E-state index in [-0.39, 0.29) is 12.2 Å². The molecule has 0 heterocycles. The lowest BCUT2D eigenvalue weighted by Gasteiger charge is -2.14. The molecule has 0 fully saturated rings. The molecule has 0 saturated heterocycles. The maximum atomic E-state index is 11.7. The third kappa shape index (κ3) is 6.18. The number of para-hydroxylation sites is 2. The van der Waals surface area contributed by atoms with Crippen LogP contribution in [0.15, 0.2) is 42.5 Å². The highest BCUT2D eigenvalue weighted by Gasteiger charge is 2.12. The molecule has 0 aliphatic heterocycles. The molecule has 0 aliphatic carbocycles. The van der Waals surface area contributed by atoms with Crippen molar-refractivity contribution in [2.75, 3.05) is 11.9 Å². The Morgan fingerprint density at radius 2 is 1.76 bits per heavy atom. The van der Waals surface area contributed by atoms with E-state index in [4.69, 9.17) is 5.11 Å². The monoisotopic (exact) mass is 345 g/mol. The molecular weight excluding hydrogens is 322 g/mol. The molecule has 0 radical (unpaired) electrons. The first-order valence-corrected chi connectivity index (χ1v) is 7.98. The van der Waals surface area contributed by atoms with Crippen LogP contribution in [0.1, 0.15) is 25.0 Å². The second-order valence-electron chi connectivity index (χ2n) is 4.98. The Hall–Kier alpha value is -3.02. The number of carboxylic acid groups (broad SMARTS) is 1. The van der Waals surface area contributed by atoms with Crippen LogP contribution in [-0.4, -0.2) is 28.8 Å². The number of aryl methyl sites for hydroxylation is 1.